The average molecular weight is 171 g/mol. The third-order valence-electron chi connectivity index (χ3n) is 1.17. The molecule has 0 saturated carbocycles. The third kappa shape index (κ3) is 2.75. The second kappa shape index (κ2) is 2.69. The largest absolute Gasteiger partial charge is 0.481 e. The van der Waals surface area contributed by atoms with E-state index in [0.717, 1.165) is 0 Å². The van der Waals surface area contributed by atoms with Gasteiger partial charge in [-0.15, -0.1) is 0 Å². The van der Waals surface area contributed by atoms with Gasteiger partial charge in [0, 0.05) is 0 Å². The minimum atomic E-state index is -4.68. The molecule has 0 heterocycles. The summed E-state index contributed by atoms with van der Waals surface area (Å²) in [6.07, 6.45) is -5.79. The van der Waals surface area contributed by atoms with Gasteiger partial charge in [0.15, 0.2) is 0 Å². The number of carboxylic acids is 1. The number of carbonyl (C=O) groups is 1. The zero-order chi connectivity index (χ0) is 9.28. The van der Waals surface area contributed by atoms with Gasteiger partial charge in [0.2, 0.25) is 0 Å². The molecule has 6 heteroatoms. The minimum Gasteiger partial charge on any atom is -0.481 e. The number of carboxylic acid groups (broad SMARTS) is 1. The fourth-order valence-electron chi connectivity index (χ4n) is 0.414. The third-order valence-corrected chi connectivity index (χ3v) is 1.17. The molecule has 0 aliphatic carbocycles. The summed E-state index contributed by atoms with van der Waals surface area (Å²) in [7, 11) is 0. The van der Waals surface area contributed by atoms with E-state index in [-0.39, 0.29) is 0 Å². The predicted molar refractivity (Wildman–Crippen MR) is 30.9 cm³/mol. The molecule has 3 N–H and O–H groups in total. The number of aliphatic carboxylic acids is 1. The van der Waals surface area contributed by atoms with Gasteiger partial charge in [-0.25, -0.2) is 0 Å². The van der Waals surface area contributed by atoms with Gasteiger partial charge in [-0.3, -0.25) is 4.79 Å². The van der Waals surface area contributed by atoms with Crippen LogP contribution >= 0.6 is 0 Å². The summed E-state index contributed by atoms with van der Waals surface area (Å²) >= 11 is 0. The van der Waals surface area contributed by atoms with Gasteiger partial charge in [0.1, 0.15) is 5.54 Å². The van der Waals surface area contributed by atoms with E-state index in [0.29, 0.717) is 6.92 Å². The van der Waals surface area contributed by atoms with Gasteiger partial charge in [0.25, 0.3) is 0 Å². The second-order valence-electron chi connectivity index (χ2n) is 2.49. The van der Waals surface area contributed by atoms with Gasteiger partial charge in [-0.1, -0.05) is 0 Å². The Kier molecular flexibility index (Phi) is 2.50. The van der Waals surface area contributed by atoms with Crippen molar-refractivity contribution in [1.29, 1.82) is 0 Å². The van der Waals surface area contributed by atoms with Crippen molar-refractivity contribution in [2.75, 3.05) is 0 Å². The molecule has 66 valence electrons. The fraction of sp³-hybridized carbons (Fsp3) is 0.800. The monoisotopic (exact) mass is 171 g/mol. The molecular weight excluding hydrogens is 163 g/mol. The van der Waals surface area contributed by atoms with Crippen LogP contribution in [-0.4, -0.2) is 22.8 Å². The summed E-state index contributed by atoms with van der Waals surface area (Å²) in [5.41, 5.74) is 2.05. The topological polar surface area (TPSA) is 63.3 Å². The fourth-order valence-corrected chi connectivity index (χ4v) is 0.414. The average Bonchev–Trinajstić information content (AvgIpc) is 1.56. The van der Waals surface area contributed by atoms with Crippen molar-refractivity contribution < 1.29 is 23.1 Å². The molecule has 0 aliphatic rings. The van der Waals surface area contributed by atoms with Gasteiger partial charge < -0.3 is 10.8 Å². The highest BCUT2D eigenvalue weighted by Crippen LogP contribution is 2.30. The molecule has 3 nitrogen and oxygen atoms in total. The van der Waals surface area contributed by atoms with E-state index in [9.17, 15) is 18.0 Å². The van der Waals surface area contributed by atoms with Crippen molar-refractivity contribution >= 4 is 5.97 Å². The van der Waals surface area contributed by atoms with Crippen molar-refractivity contribution in [3.8, 4) is 0 Å². The van der Waals surface area contributed by atoms with E-state index in [2.05, 4.69) is 5.73 Å². The van der Waals surface area contributed by atoms with Crippen molar-refractivity contribution in [2.45, 2.75) is 25.1 Å². The first-order chi connectivity index (χ1) is 4.67. The molecule has 0 amide bonds. The Morgan fingerprint density at radius 3 is 2.00 bits per heavy atom. The Morgan fingerprint density at radius 2 is 1.91 bits per heavy atom. The number of rotatable bonds is 2. The molecule has 0 fully saturated rings. The van der Waals surface area contributed by atoms with Crippen LogP contribution in [0.1, 0.15) is 13.3 Å². The Hall–Kier alpha value is -0.780. The van der Waals surface area contributed by atoms with Crippen LogP contribution < -0.4 is 5.73 Å². The van der Waals surface area contributed by atoms with Gasteiger partial charge in [-0.05, 0) is 6.92 Å². The van der Waals surface area contributed by atoms with Crippen molar-refractivity contribution in [3.05, 3.63) is 0 Å². The Labute approximate surface area is 61.0 Å². The lowest BCUT2D eigenvalue weighted by atomic mass is 9.99. The van der Waals surface area contributed by atoms with E-state index in [4.69, 9.17) is 5.11 Å². The maximum absolute atomic E-state index is 11.8. The lowest BCUT2D eigenvalue weighted by molar-refractivity contribution is -0.188. The normalized spacial score (nSPS) is 17.5. The maximum Gasteiger partial charge on any atom is 0.406 e. The Bertz CT molecular complexity index is 164. The van der Waals surface area contributed by atoms with E-state index < -0.39 is 24.1 Å². The summed E-state index contributed by atoms with van der Waals surface area (Å²) in [6.45, 7) is 0.640. The number of hydrogen-bond acceptors (Lipinski definition) is 2. The van der Waals surface area contributed by atoms with E-state index in [1.165, 1.54) is 0 Å². The zero-order valence-corrected chi connectivity index (χ0v) is 5.77. The van der Waals surface area contributed by atoms with E-state index in [1.54, 1.807) is 0 Å². The second-order valence-corrected chi connectivity index (χ2v) is 2.49. The van der Waals surface area contributed by atoms with Crippen molar-refractivity contribution in [2.24, 2.45) is 5.73 Å². The van der Waals surface area contributed by atoms with Crippen LogP contribution in [0.5, 0.6) is 0 Å². The van der Waals surface area contributed by atoms with Crippen LogP contribution in [0, 0.1) is 0 Å². The first-order valence-corrected chi connectivity index (χ1v) is 2.74. The molecule has 0 aromatic rings. The van der Waals surface area contributed by atoms with Crippen LogP contribution in [0.4, 0.5) is 13.2 Å². The number of nitrogens with two attached hydrogens (primary N) is 1. The summed E-state index contributed by atoms with van der Waals surface area (Å²) in [6, 6.07) is 0. The summed E-state index contributed by atoms with van der Waals surface area (Å²) in [5.74, 6) is -1.56. The van der Waals surface area contributed by atoms with Crippen LogP contribution in [0.2, 0.25) is 0 Å². The lowest BCUT2D eigenvalue weighted by Gasteiger charge is -2.25. The molecule has 1 atom stereocenters. The smallest absolute Gasteiger partial charge is 0.406 e. The van der Waals surface area contributed by atoms with Gasteiger partial charge >= 0.3 is 12.1 Å². The minimum absolute atomic E-state index is 0.640. The molecule has 0 unspecified atom stereocenters. The van der Waals surface area contributed by atoms with Crippen LogP contribution in [-0.2, 0) is 4.79 Å². The zero-order valence-electron chi connectivity index (χ0n) is 5.77. The van der Waals surface area contributed by atoms with Crippen LogP contribution in [0.3, 0.4) is 0 Å². The highest BCUT2D eigenvalue weighted by Gasteiger charge is 2.49. The molecule has 0 saturated heterocycles. The molecule has 0 aliphatic heterocycles. The van der Waals surface area contributed by atoms with Crippen molar-refractivity contribution in [1.82, 2.24) is 0 Å². The Morgan fingerprint density at radius 1 is 1.55 bits per heavy atom. The molecule has 0 spiro atoms. The van der Waals surface area contributed by atoms with Crippen LogP contribution in [0.15, 0.2) is 0 Å². The van der Waals surface area contributed by atoms with Gasteiger partial charge in [-0.2, -0.15) is 13.2 Å². The first-order valence-electron chi connectivity index (χ1n) is 2.74. The van der Waals surface area contributed by atoms with E-state index >= 15 is 0 Å². The number of halogens is 3. The Balaban J connectivity index is 4.34. The summed E-state index contributed by atoms with van der Waals surface area (Å²) < 4.78 is 35.4. The number of hydrogen-bond donors (Lipinski definition) is 2. The highest BCUT2D eigenvalue weighted by molar-refractivity contribution is 5.68. The standard InChI is InChI=1S/C5H8F3NO2/c1-4(9,2-3(10)11)5(6,7)8/h2,9H2,1H3,(H,10,11)/t4-/m1/s1. The lowest BCUT2D eigenvalue weighted by Crippen LogP contribution is -2.52. The van der Waals surface area contributed by atoms with Crippen molar-refractivity contribution in [3.63, 3.8) is 0 Å². The molecule has 11 heavy (non-hydrogen) atoms. The molecule has 0 rings (SSSR count). The predicted octanol–water partition coefficient (Wildman–Crippen LogP) is 0.741. The molecule has 0 aromatic carbocycles. The maximum atomic E-state index is 11.8. The molecule has 0 aromatic heterocycles. The first kappa shape index (κ1) is 10.2. The summed E-state index contributed by atoms with van der Waals surface area (Å²) in [4.78, 5) is 9.88. The molecule has 0 radical (unpaired) electrons. The summed E-state index contributed by atoms with van der Waals surface area (Å²) in [5, 5.41) is 8.03. The van der Waals surface area contributed by atoms with E-state index in [1.807, 2.05) is 0 Å². The van der Waals surface area contributed by atoms with Gasteiger partial charge in [0.05, 0.1) is 6.42 Å². The van der Waals surface area contributed by atoms with Crippen LogP contribution in [0.25, 0.3) is 0 Å². The molecule has 0 bridgehead atoms. The quantitative estimate of drug-likeness (QED) is 0.644. The highest BCUT2D eigenvalue weighted by atomic mass is 19.4. The SMILES string of the molecule is C[C@@](N)(CC(=O)O)C(F)(F)F. The molecular formula is C5H8F3NO2. The number of alkyl halides is 3.